The molecule has 2 heterocycles. The molecule has 28 heavy (non-hydrogen) atoms. The Labute approximate surface area is 185 Å². The van der Waals surface area contributed by atoms with Gasteiger partial charge >= 0.3 is 0 Å². The number of aliphatic imine (C=N–C) groups is 1. The van der Waals surface area contributed by atoms with E-state index in [4.69, 9.17) is 0 Å². The number of nitrogens with one attached hydrogen (secondary N) is 2. The monoisotopic (exact) mass is 503 g/mol. The summed E-state index contributed by atoms with van der Waals surface area (Å²) in [4.78, 5) is 22.6. The van der Waals surface area contributed by atoms with Crippen LogP contribution < -0.4 is 10.6 Å². The fourth-order valence-electron chi connectivity index (χ4n) is 3.87. The van der Waals surface area contributed by atoms with Gasteiger partial charge in [-0.15, -0.1) is 24.0 Å². The average molecular weight is 503 g/mol. The van der Waals surface area contributed by atoms with Crippen molar-refractivity contribution in [2.24, 2.45) is 10.9 Å². The second kappa shape index (κ2) is 10.4. The van der Waals surface area contributed by atoms with E-state index < -0.39 is 0 Å². The number of nitrogens with zero attached hydrogens (tertiary/aromatic N) is 5. The summed E-state index contributed by atoms with van der Waals surface area (Å²) in [5.74, 6) is 3.25. The Hall–Kier alpha value is -1.39. The predicted molar refractivity (Wildman–Crippen MR) is 121 cm³/mol. The van der Waals surface area contributed by atoms with Crippen molar-refractivity contribution < 1.29 is 4.79 Å². The molecule has 3 atom stereocenters. The number of likely N-dealkylation sites (N-methyl/N-ethyl adjacent to an activating group) is 1. The number of carbonyl (C=O) groups excluding carboxylic acids is 1. The van der Waals surface area contributed by atoms with Crippen molar-refractivity contribution >= 4 is 35.8 Å². The molecule has 3 rings (SSSR count). The molecule has 0 aromatic carbocycles. The van der Waals surface area contributed by atoms with Gasteiger partial charge in [0.1, 0.15) is 18.2 Å². The first-order valence-corrected chi connectivity index (χ1v) is 10.1. The Morgan fingerprint density at radius 2 is 2.00 bits per heavy atom. The minimum Gasteiger partial charge on any atom is -0.353 e. The molecule has 3 unspecified atom stereocenters. The predicted octanol–water partition coefficient (Wildman–Crippen LogP) is 1.72. The third kappa shape index (κ3) is 6.05. The Morgan fingerprint density at radius 1 is 1.25 bits per heavy atom. The van der Waals surface area contributed by atoms with Gasteiger partial charge in [-0.05, 0) is 32.1 Å². The van der Waals surface area contributed by atoms with Crippen LogP contribution in [-0.4, -0.2) is 64.3 Å². The summed E-state index contributed by atoms with van der Waals surface area (Å²) in [5, 5.41) is 11.6. The molecule has 8 nitrogen and oxygen atoms in total. The average Bonchev–Trinajstić information content (AvgIpc) is 3.00. The fourth-order valence-corrected chi connectivity index (χ4v) is 3.87. The highest BCUT2D eigenvalue weighted by molar-refractivity contribution is 14.0. The van der Waals surface area contributed by atoms with Gasteiger partial charge in [-0.1, -0.05) is 19.8 Å². The van der Waals surface area contributed by atoms with Crippen LogP contribution in [0.15, 0.2) is 4.99 Å². The lowest BCUT2D eigenvalue weighted by Gasteiger charge is -2.33. The van der Waals surface area contributed by atoms with E-state index in [1.165, 1.54) is 19.3 Å². The Morgan fingerprint density at radius 3 is 2.71 bits per heavy atom. The van der Waals surface area contributed by atoms with Crippen LogP contribution in [0.25, 0.3) is 0 Å². The SMILES string of the molecule is Cc1nc2n(n1)CC(NC(=NCC(=O)N(C)C)NC1CCCCC1C)CC2.I. The molecular formula is C19H34IN7O. The van der Waals surface area contributed by atoms with Crippen molar-refractivity contribution in [1.82, 2.24) is 30.3 Å². The van der Waals surface area contributed by atoms with Crippen molar-refractivity contribution in [1.29, 1.82) is 0 Å². The molecule has 2 aliphatic rings. The van der Waals surface area contributed by atoms with Crippen LogP contribution in [0.2, 0.25) is 0 Å². The summed E-state index contributed by atoms with van der Waals surface area (Å²) in [6.07, 6.45) is 6.84. The Balaban J connectivity index is 0.00000280. The molecule has 0 saturated heterocycles. The second-order valence-corrected chi connectivity index (χ2v) is 8.10. The van der Waals surface area contributed by atoms with Crippen molar-refractivity contribution in [3.05, 3.63) is 11.6 Å². The van der Waals surface area contributed by atoms with Gasteiger partial charge < -0.3 is 15.5 Å². The molecule has 2 N–H and O–H groups in total. The molecule has 0 bridgehead atoms. The highest BCUT2D eigenvalue weighted by Crippen LogP contribution is 2.23. The van der Waals surface area contributed by atoms with Crippen LogP contribution >= 0.6 is 24.0 Å². The van der Waals surface area contributed by atoms with E-state index in [0.29, 0.717) is 12.0 Å². The number of guanidine groups is 1. The topological polar surface area (TPSA) is 87.4 Å². The summed E-state index contributed by atoms with van der Waals surface area (Å²) in [7, 11) is 3.52. The number of fused-ring (bicyclic) bond motifs is 1. The zero-order valence-corrected chi connectivity index (χ0v) is 19.8. The molecule has 9 heteroatoms. The van der Waals surface area contributed by atoms with Gasteiger partial charge in [-0.3, -0.25) is 4.79 Å². The number of carbonyl (C=O) groups is 1. The summed E-state index contributed by atoms with van der Waals surface area (Å²) in [5.41, 5.74) is 0. The maximum atomic E-state index is 12.0. The zero-order valence-electron chi connectivity index (χ0n) is 17.4. The first-order chi connectivity index (χ1) is 12.9. The minimum atomic E-state index is 0. The molecule has 1 aliphatic carbocycles. The summed E-state index contributed by atoms with van der Waals surface area (Å²) in [6, 6.07) is 0.644. The van der Waals surface area contributed by atoms with Crippen LogP contribution in [-0.2, 0) is 17.8 Å². The molecule has 1 saturated carbocycles. The van der Waals surface area contributed by atoms with Crippen LogP contribution in [0.5, 0.6) is 0 Å². The highest BCUT2D eigenvalue weighted by atomic mass is 127. The maximum Gasteiger partial charge on any atom is 0.243 e. The molecule has 0 radical (unpaired) electrons. The van der Waals surface area contributed by atoms with Crippen molar-refractivity contribution in [3.63, 3.8) is 0 Å². The molecule has 158 valence electrons. The Bertz CT molecular complexity index is 688. The summed E-state index contributed by atoms with van der Waals surface area (Å²) < 4.78 is 1.99. The quantitative estimate of drug-likeness (QED) is 0.371. The standard InChI is InChI=1S/C19H33N7O.HI/c1-13-7-5-6-8-16(13)23-19(20-11-18(27)25(3)4)22-15-9-10-17-21-14(2)24-26(17)12-15;/h13,15-16H,5-12H2,1-4H3,(H2,20,22,23);1H. The van der Waals surface area contributed by atoms with Crippen molar-refractivity contribution in [2.45, 2.75) is 71.0 Å². The zero-order chi connectivity index (χ0) is 19.4. The van der Waals surface area contributed by atoms with E-state index in [1.807, 2.05) is 11.6 Å². The Kier molecular flexibility index (Phi) is 8.51. The molecular weight excluding hydrogens is 469 g/mol. The largest absolute Gasteiger partial charge is 0.353 e. The van der Waals surface area contributed by atoms with Gasteiger partial charge in [0.25, 0.3) is 0 Å². The van der Waals surface area contributed by atoms with E-state index >= 15 is 0 Å². The number of hydrogen-bond donors (Lipinski definition) is 2. The number of aryl methyl sites for hydroxylation is 2. The van der Waals surface area contributed by atoms with Gasteiger partial charge in [-0.2, -0.15) is 5.10 Å². The maximum absolute atomic E-state index is 12.0. The lowest BCUT2D eigenvalue weighted by molar-refractivity contribution is -0.127. The first kappa shape index (κ1) is 22.9. The second-order valence-electron chi connectivity index (χ2n) is 8.10. The normalized spacial score (nSPS) is 24.7. The van der Waals surface area contributed by atoms with Crippen molar-refractivity contribution in [3.8, 4) is 0 Å². The van der Waals surface area contributed by atoms with Gasteiger partial charge in [0, 0.05) is 32.6 Å². The van der Waals surface area contributed by atoms with E-state index in [2.05, 4.69) is 32.6 Å². The first-order valence-electron chi connectivity index (χ1n) is 10.1. The van der Waals surface area contributed by atoms with Crippen LogP contribution in [0.4, 0.5) is 0 Å². The number of rotatable bonds is 4. The van der Waals surface area contributed by atoms with E-state index in [0.717, 1.165) is 43.4 Å². The van der Waals surface area contributed by atoms with E-state index in [9.17, 15) is 4.79 Å². The van der Waals surface area contributed by atoms with Gasteiger partial charge in [-0.25, -0.2) is 14.7 Å². The number of aromatic nitrogens is 3. The summed E-state index contributed by atoms with van der Waals surface area (Å²) >= 11 is 0. The third-order valence-electron chi connectivity index (χ3n) is 5.61. The highest BCUT2D eigenvalue weighted by Gasteiger charge is 2.25. The van der Waals surface area contributed by atoms with Crippen LogP contribution in [0.3, 0.4) is 0 Å². The van der Waals surface area contributed by atoms with Gasteiger partial charge in [0.15, 0.2) is 5.96 Å². The molecule has 1 fully saturated rings. The van der Waals surface area contributed by atoms with E-state index in [-0.39, 0.29) is 42.5 Å². The summed E-state index contributed by atoms with van der Waals surface area (Å²) in [6.45, 7) is 5.16. The lowest BCUT2D eigenvalue weighted by atomic mass is 9.86. The van der Waals surface area contributed by atoms with E-state index in [1.54, 1.807) is 19.0 Å². The van der Waals surface area contributed by atoms with Gasteiger partial charge in [0.2, 0.25) is 5.91 Å². The fraction of sp³-hybridized carbons (Fsp3) is 0.789. The lowest BCUT2D eigenvalue weighted by Crippen LogP contribution is -2.52. The number of amides is 1. The van der Waals surface area contributed by atoms with Crippen LogP contribution in [0, 0.1) is 12.8 Å². The molecule has 1 aliphatic heterocycles. The van der Waals surface area contributed by atoms with Crippen molar-refractivity contribution in [2.75, 3.05) is 20.6 Å². The van der Waals surface area contributed by atoms with Crippen LogP contribution in [0.1, 0.15) is 50.7 Å². The minimum absolute atomic E-state index is 0. The smallest absolute Gasteiger partial charge is 0.243 e. The number of hydrogen-bond acceptors (Lipinski definition) is 4. The third-order valence-corrected chi connectivity index (χ3v) is 5.61. The molecule has 0 spiro atoms. The molecule has 1 aromatic rings. The molecule has 1 aromatic heterocycles. The molecule has 1 amide bonds. The number of halogens is 1. The van der Waals surface area contributed by atoms with Gasteiger partial charge in [0.05, 0.1) is 6.54 Å².